The lowest BCUT2D eigenvalue weighted by molar-refractivity contribution is 0.00622. The van der Waals surface area contributed by atoms with Gasteiger partial charge in [0, 0.05) is 18.2 Å². The second-order valence-corrected chi connectivity index (χ2v) is 3.90. The van der Waals surface area contributed by atoms with E-state index in [0.717, 1.165) is 6.07 Å². The molecule has 0 aliphatic rings. The molecular formula is C12H17F2NO. The molecule has 0 aliphatic heterocycles. The van der Waals surface area contributed by atoms with Gasteiger partial charge in [-0.2, -0.15) is 0 Å². The van der Waals surface area contributed by atoms with E-state index >= 15 is 0 Å². The Hall–Kier alpha value is -1.00. The fraction of sp³-hybridized carbons (Fsp3) is 0.500. The number of halogens is 2. The zero-order valence-electron chi connectivity index (χ0n) is 9.76. The molecule has 0 saturated heterocycles. The van der Waals surface area contributed by atoms with E-state index in [1.807, 2.05) is 13.8 Å². The van der Waals surface area contributed by atoms with Crippen LogP contribution in [0.1, 0.15) is 25.5 Å². The van der Waals surface area contributed by atoms with Crippen molar-refractivity contribution < 1.29 is 13.5 Å². The number of benzene rings is 1. The number of hydrogen-bond donors (Lipinski definition) is 1. The SMILES string of the molecule is CNC[C@@H](OC(C)C)c1ccc(F)cc1F. The molecule has 1 atom stereocenters. The molecule has 2 nitrogen and oxygen atoms in total. The van der Waals surface area contributed by atoms with E-state index in [4.69, 9.17) is 4.74 Å². The van der Waals surface area contributed by atoms with Gasteiger partial charge in [-0.1, -0.05) is 6.07 Å². The number of likely N-dealkylation sites (N-methyl/N-ethyl adjacent to an activating group) is 1. The highest BCUT2D eigenvalue weighted by Crippen LogP contribution is 2.22. The first-order valence-electron chi connectivity index (χ1n) is 5.29. The molecule has 1 rings (SSSR count). The minimum atomic E-state index is -0.575. The zero-order valence-corrected chi connectivity index (χ0v) is 9.76. The molecule has 0 spiro atoms. The fourth-order valence-electron chi connectivity index (χ4n) is 1.51. The van der Waals surface area contributed by atoms with Gasteiger partial charge in [0.15, 0.2) is 0 Å². The molecule has 0 fully saturated rings. The highest BCUT2D eigenvalue weighted by atomic mass is 19.1. The maximum absolute atomic E-state index is 13.5. The quantitative estimate of drug-likeness (QED) is 0.838. The first-order chi connectivity index (χ1) is 7.54. The summed E-state index contributed by atoms with van der Waals surface area (Å²) in [7, 11) is 1.76. The topological polar surface area (TPSA) is 21.3 Å². The maximum Gasteiger partial charge on any atom is 0.131 e. The number of ether oxygens (including phenoxy) is 1. The monoisotopic (exact) mass is 229 g/mol. The van der Waals surface area contributed by atoms with Crippen molar-refractivity contribution in [1.82, 2.24) is 5.32 Å². The van der Waals surface area contributed by atoms with Gasteiger partial charge >= 0.3 is 0 Å². The van der Waals surface area contributed by atoms with Crippen LogP contribution in [0.5, 0.6) is 0 Å². The Morgan fingerprint density at radius 1 is 1.31 bits per heavy atom. The summed E-state index contributed by atoms with van der Waals surface area (Å²) in [6.45, 7) is 4.24. The van der Waals surface area contributed by atoms with Crippen molar-refractivity contribution in [1.29, 1.82) is 0 Å². The molecule has 0 saturated carbocycles. The Kier molecular flexibility index (Phi) is 4.83. The standard InChI is InChI=1S/C12H17F2NO/c1-8(2)16-12(7-15-3)10-5-4-9(13)6-11(10)14/h4-6,8,12,15H,7H2,1-3H3/t12-/m1/s1. The predicted molar refractivity (Wildman–Crippen MR) is 59.2 cm³/mol. The molecule has 0 aromatic heterocycles. The number of hydrogen-bond acceptors (Lipinski definition) is 2. The molecule has 90 valence electrons. The summed E-state index contributed by atoms with van der Waals surface area (Å²) in [5.74, 6) is -1.14. The largest absolute Gasteiger partial charge is 0.369 e. The van der Waals surface area contributed by atoms with Gasteiger partial charge in [-0.3, -0.25) is 0 Å². The van der Waals surface area contributed by atoms with Crippen LogP contribution in [0.4, 0.5) is 8.78 Å². The van der Waals surface area contributed by atoms with Crippen LogP contribution in [0.25, 0.3) is 0 Å². The van der Waals surface area contributed by atoms with Gasteiger partial charge in [-0.25, -0.2) is 8.78 Å². The van der Waals surface area contributed by atoms with Gasteiger partial charge in [-0.15, -0.1) is 0 Å². The van der Waals surface area contributed by atoms with Crippen LogP contribution >= 0.6 is 0 Å². The van der Waals surface area contributed by atoms with Crippen LogP contribution in [0.3, 0.4) is 0 Å². The van der Waals surface area contributed by atoms with Crippen molar-refractivity contribution in [2.75, 3.05) is 13.6 Å². The zero-order chi connectivity index (χ0) is 12.1. The number of rotatable bonds is 5. The van der Waals surface area contributed by atoms with Crippen LogP contribution in [-0.4, -0.2) is 19.7 Å². The van der Waals surface area contributed by atoms with Crippen molar-refractivity contribution in [2.45, 2.75) is 26.1 Å². The van der Waals surface area contributed by atoms with Gasteiger partial charge in [0.1, 0.15) is 11.6 Å². The van der Waals surface area contributed by atoms with Gasteiger partial charge in [0.25, 0.3) is 0 Å². The average molecular weight is 229 g/mol. The maximum atomic E-state index is 13.5. The third kappa shape index (κ3) is 3.54. The molecule has 0 unspecified atom stereocenters. The summed E-state index contributed by atoms with van der Waals surface area (Å²) >= 11 is 0. The van der Waals surface area contributed by atoms with E-state index in [0.29, 0.717) is 12.1 Å². The van der Waals surface area contributed by atoms with Crippen molar-refractivity contribution in [2.24, 2.45) is 0 Å². The summed E-state index contributed by atoms with van der Waals surface area (Å²) in [5, 5.41) is 2.93. The first kappa shape index (κ1) is 13.1. The highest BCUT2D eigenvalue weighted by Gasteiger charge is 2.17. The van der Waals surface area contributed by atoms with E-state index in [1.54, 1.807) is 7.05 Å². The molecule has 0 radical (unpaired) electrons. The Labute approximate surface area is 94.6 Å². The van der Waals surface area contributed by atoms with Crippen molar-refractivity contribution >= 4 is 0 Å². The van der Waals surface area contributed by atoms with Crippen molar-refractivity contribution in [3.63, 3.8) is 0 Å². The normalized spacial score (nSPS) is 13.1. The molecule has 1 N–H and O–H groups in total. The molecule has 0 amide bonds. The minimum absolute atomic E-state index is 0.0113. The smallest absolute Gasteiger partial charge is 0.131 e. The Morgan fingerprint density at radius 2 is 2.00 bits per heavy atom. The lowest BCUT2D eigenvalue weighted by Crippen LogP contribution is -2.23. The van der Waals surface area contributed by atoms with E-state index in [9.17, 15) is 8.78 Å². The van der Waals surface area contributed by atoms with Crippen LogP contribution in [0.2, 0.25) is 0 Å². The summed E-state index contributed by atoms with van der Waals surface area (Å²) in [6, 6.07) is 3.54. The molecule has 1 aromatic carbocycles. The third-order valence-corrected chi connectivity index (χ3v) is 2.14. The molecule has 4 heteroatoms. The van der Waals surface area contributed by atoms with E-state index in [1.165, 1.54) is 12.1 Å². The second kappa shape index (κ2) is 5.92. The summed E-state index contributed by atoms with van der Waals surface area (Å²) in [4.78, 5) is 0. The van der Waals surface area contributed by atoms with E-state index in [2.05, 4.69) is 5.32 Å². The Balaban J connectivity index is 2.91. The third-order valence-electron chi connectivity index (χ3n) is 2.14. The average Bonchev–Trinajstić information content (AvgIpc) is 2.16. The van der Waals surface area contributed by atoms with E-state index in [-0.39, 0.29) is 6.10 Å². The summed E-state index contributed by atoms with van der Waals surface area (Å²) in [6.07, 6.45) is -0.409. The van der Waals surface area contributed by atoms with E-state index < -0.39 is 17.7 Å². The highest BCUT2D eigenvalue weighted by molar-refractivity contribution is 5.21. The van der Waals surface area contributed by atoms with Gasteiger partial charge in [0.05, 0.1) is 12.2 Å². The Bertz CT molecular complexity index is 342. The van der Waals surface area contributed by atoms with Crippen LogP contribution in [0.15, 0.2) is 18.2 Å². The number of nitrogens with one attached hydrogen (secondary N) is 1. The van der Waals surface area contributed by atoms with Crippen molar-refractivity contribution in [3.8, 4) is 0 Å². The summed E-state index contributed by atoms with van der Waals surface area (Å²) in [5.41, 5.74) is 0.379. The molecule has 0 bridgehead atoms. The molecule has 0 heterocycles. The minimum Gasteiger partial charge on any atom is -0.369 e. The summed E-state index contributed by atoms with van der Waals surface area (Å²) < 4.78 is 31.9. The molecule has 0 aliphatic carbocycles. The van der Waals surface area contributed by atoms with Crippen LogP contribution in [0, 0.1) is 11.6 Å². The lowest BCUT2D eigenvalue weighted by atomic mass is 10.1. The van der Waals surface area contributed by atoms with Gasteiger partial charge in [-0.05, 0) is 27.0 Å². The predicted octanol–water partition coefficient (Wildman–Crippen LogP) is 2.65. The fourth-order valence-corrected chi connectivity index (χ4v) is 1.51. The Morgan fingerprint density at radius 3 is 2.50 bits per heavy atom. The van der Waals surface area contributed by atoms with Gasteiger partial charge in [0.2, 0.25) is 0 Å². The molecule has 1 aromatic rings. The van der Waals surface area contributed by atoms with Crippen molar-refractivity contribution in [3.05, 3.63) is 35.4 Å². The van der Waals surface area contributed by atoms with Crippen LogP contribution in [-0.2, 0) is 4.74 Å². The molecule has 16 heavy (non-hydrogen) atoms. The first-order valence-corrected chi connectivity index (χ1v) is 5.29. The van der Waals surface area contributed by atoms with Crippen LogP contribution < -0.4 is 5.32 Å². The molecular weight excluding hydrogens is 212 g/mol. The second-order valence-electron chi connectivity index (χ2n) is 3.90. The van der Waals surface area contributed by atoms with Gasteiger partial charge < -0.3 is 10.1 Å². The lowest BCUT2D eigenvalue weighted by Gasteiger charge is -2.21.